The van der Waals surface area contributed by atoms with Crippen LogP contribution in [-0.2, 0) is 10.8 Å². The zero-order valence-corrected chi connectivity index (χ0v) is 18.8. The smallest absolute Gasteiger partial charge is 0.127 e. The number of hydrogen-bond acceptors (Lipinski definition) is 2. The molecular weight excluding hydrogens is 356 g/mol. The highest BCUT2D eigenvalue weighted by Gasteiger charge is 2.25. The molecule has 0 fully saturated rings. The summed E-state index contributed by atoms with van der Waals surface area (Å²) in [5.41, 5.74) is 2.70. The van der Waals surface area contributed by atoms with Gasteiger partial charge in [-0.05, 0) is 71.9 Å². The van der Waals surface area contributed by atoms with Crippen molar-refractivity contribution in [2.24, 2.45) is 0 Å². The van der Waals surface area contributed by atoms with Crippen LogP contribution in [0.4, 0.5) is 0 Å². The predicted molar refractivity (Wildman–Crippen MR) is 124 cm³/mol. The summed E-state index contributed by atoms with van der Waals surface area (Å²) < 4.78 is 12.6. The molecule has 156 valence electrons. The topological polar surface area (TPSA) is 18.5 Å². The molecule has 0 amide bonds. The molecule has 1 aliphatic rings. The van der Waals surface area contributed by atoms with Crippen LogP contribution >= 0.6 is 0 Å². The van der Waals surface area contributed by atoms with Crippen molar-refractivity contribution in [3.8, 4) is 11.5 Å². The SMILES string of the molecule is C=CCCOc1cc2cc3c(cc(C(C)(C)CC)cc13)OCC/C=C/CC2(C)C. The second-order valence-corrected chi connectivity index (χ2v) is 9.40. The van der Waals surface area contributed by atoms with Crippen molar-refractivity contribution in [3.05, 3.63) is 60.2 Å². The molecule has 0 saturated carbocycles. The van der Waals surface area contributed by atoms with Gasteiger partial charge >= 0.3 is 0 Å². The fraction of sp³-hybridized carbons (Fsp3) is 0.481. The number of allylic oxidation sites excluding steroid dienone is 1. The van der Waals surface area contributed by atoms with Gasteiger partial charge in [-0.15, -0.1) is 6.58 Å². The Bertz CT molecular complexity index is 902. The molecule has 2 aromatic carbocycles. The molecule has 2 bridgehead atoms. The third-order valence-electron chi connectivity index (χ3n) is 6.36. The first kappa shape index (κ1) is 21.5. The molecule has 1 heterocycles. The number of hydrogen-bond donors (Lipinski definition) is 0. The van der Waals surface area contributed by atoms with Crippen LogP contribution in [0.3, 0.4) is 0 Å². The van der Waals surface area contributed by atoms with E-state index in [9.17, 15) is 0 Å². The number of ether oxygens (including phenoxy) is 2. The highest BCUT2D eigenvalue weighted by Crippen LogP contribution is 2.42. The van der Waals surface area contributed by atoms with Gasteiger partial charge in [0.2, 0.25) is 0 Å². The fourth-order valence-corrected chi connectivity index (χ4v) is 3.72. The first-order valence-corrected chi connectivity index (χ1v) is 10.9. The number of rotatable bonds is 6. The molecule has 2 heteroatoms. The Balaban J connectivity index is 2.27. The first-order chi connectivity index (χ1) is 13.8. The summed E-state index contributed by atoms with van der Waals surface area (Å²) in [6, 6.07) is 9.11. The van der Waals surface area contributed by atoms with Crippen LogP contribution in [0.5, 0.6) is 11.5 Å². The van der Waals surface area contributed by atoms with E-state index in [1.165, 1.54) is 11.1 Å². The number of benzene rings is 2. The molecular formula is C27H36O2. The molecule has 29 heavy (non-hydrogen) atoms. The van der Waals surface area contributed by atoms with Gasteiger partial charge in [-0.3, -0.25) is 0 Å². The van der Waals surface area contributed by atoms with Crippen molar-refractivity contribution in [1.29, 1.82) is 0 Å². The lowest BCUT2D eigenvalue weighted by atomic mass is 9.78. The van der Waals surface area contributed by atoms with Crippen molar-refractivity contribution < 1.29 is 9.47 Å². The van der Waals surface area contributed by atoms with E-state index in [1.54, 1.807) is 0 Å². The molecule has 2 aromatic rings. The van der Waals surface area contributed by atoms with E-state index in [1.807, 2.05) is 6.08 Å². The maximum Gasteiger partial charge on any atom is 0.127 e. The molecule has 3 rings (SSSR count). The Morgan fingerprint density at radius 3 is 2.66 bits per heavy atom. The second-order valence-electron chi connectivity index (χ2n) is 9.40. The van der Waals surface area contributed by atoms with Gasteiger partial charge in [0.05, 0.1) is 13.2 Å². The van der Waals surface area contributed by atoms with Gasteiger partial charge in [0.1, 0.15) is 11.5 Å². The highest BCUT2D eigenvalue weighted by atomic mass is 16.5. The fourth-order valence-electron chi connectivity index (χ4n) is 3.72. The van der Waals surface area contributed by atoms with Crippen LogP contribution in [0, 0.1) is 0 Å². The summed E-state index contributed by atoms with van der Waals surface area (Å²) in [5, 5.41) is 2.30. The summed E-state index contributed by atoms with van der Waals surface area (Å²) >= 11 is 0. The third kappa shape index (κ3) is 4.69. The molecule has 0 aromatic heterocycles. The first-order valence-electron chi connectivity index (χ1n) is 10.9. The van der Waals surface area contributed by atoms with Crippen LogP contribution < -0.4 is 9.47 Å². The molecule has 0 radical (unpaired) electrons. The van der Waals surface area contributed by atoms with Crippen LogP contribution in [0.2, 0.25) is 0 Å². The Morgan fingerprint density at radius 1 is 1.14 bits per heavy atom. The molecule has 0 spiro atoms. The molecule has 0 unspecified atom stereocenters. The number of fused-ring (bicyclic) bond motifs is 1. The minimum atomic E-state index is 0.0320. The third-order valence-corrected chi connectivity index (χ3v) is 6.36. The summed E-state index contributed by atoms with van der Waals surface area (Å²) in [6.45, 7) is 16.6. The average molecular weight is 393 g/mol. The van der Waals surface area contributed by atoms with Crippen molar-refractivity contribution in [2.75, 3.05) is 13.2 Å². The van der Waals surface area contributed by atoms with Crippen molar-refractivity contribution >= 4 is 10.8 Å². The average Bonchev–Trinajstić information content (AvgIpc) is 2.71. The predicted octanol–water partition coefficient (Wildman–Crippen LogP) is 7.49. The van der Waals surface area contributed by atoms with Crippen molar-refractivity contribution in [1.82, 2.24) is 0 Å². The Kier molecular flexibility index (Phi) is 6.41. The molecule has 0 saturated heterocycles. The zero-order chi connectivity index (χ0) is 21.1. The van der Waals surface area contributed by atoms with Gasteiger partial charge in [-0.2, -0.15) is 0 Å². The van der Waals surface area contributed by atoms with Gasteiger partial charge in [-0.25, -0.2) is 0 Å². The molecule has 2 nitrogen and oxygen atoms in total. The summed E-state index contributed by atoms with van der Waals surface area (Å²) in [4.78, 5) is 0. The Labute approximate surface area is 176 Å². The van der Waals surface area contributed by atoms with E-state index in [-0.39, 0.29) is 10.8 Å². The van der Waals surface area contributed by atoms with Crippen LogP contribution in [0.15, 0.2) is 49.1 Å². The second kappa shape index (κ2) is 8.65. The van der Waals surface area contributed by atoms with E-state index in [2.05, 4.69) is 77.6 Å². The lowest BCUT2D eigenvalue weighted by Crippen LogP contribution is -2.17. The van der Waals surface area contributed by atoms with E-state index in [0.29, 0.717) is 13.2 Å². The molecule has 0 atom stereocenters. The Hall–Kier alpha value is -2.22. The lowest BCUT2D eigenvalue weighted by molar-refractivity contribution is 0.324. The van der Waals surface area contributed by atoms with Crippen molar-refractivity contribution in [2.45, 2.75) is 71.1 Å². The van der Waals surface area contributed by atoms with Gasteiger partial charge in [-0.1, -0.05) is 52.8 Å². The van der Waals surface area contributed by atoms with Crippen LogP contribution in [0.25, 0.3) is 10.8 Å². The summed E-state index contributed by atoms with van der Waals surface area (Å²) in [6.07, 6.45) is 10.3. The van der Waals surface area contributed by atoms with Crippen LogP contribution in [-0.4, -0.2) is 13.2 Å². The van der Waals surface area contributed by atoms with Gasteiger partial charge in [0.15, 0.2) is 0 Å². The summed E-state index contributed by atoms with van der Waals surface area (Å²) in [5.74, 6) is 1.93. The normalized spacial score (nSPS) is 17.4. The van der Waals surface area contributed by atoms with E-state index < -0.39 is 0 Å². The maximum atomic E-state index is 6.31. The minimum absolute atomic E-state index is 0.0320. The molecule has 0 N–H and O–H groups in total. The maximum absolute atomic E-state index is 6.31. The highest BCUT2D eigenvalue weighted by molar-refractivity contribution is 5.95. The van der Waals surface area contributed by atoms with E-state index >= 15 is 0 Å². The van der Waals surface area contributed by atoms with Gasteiger partial charge in [0, 0.05) is 10.8 Å². The minimum Gasteiger partial charge on any atom is -0.493 e. The van der Waals surface area contributed by atoms with Crippen LogP contribution in [0.1, 0.15) is 71.4 Å². The standard InChI is InChI=1S/C27H36O2/c1-7-9-14-28-25-19-21-17-23-22(25)16-20(26(3,4)8-2)18-24(23)29-15-12-10-11-13-27(21,5)6/h7,10-11,16-19H,1,8-9,12-15H2,2-6H3/b11-10+. The quantitative estimate of drug-likeness (QED) is 0.374. The lowest BCUT2D eigenvalue weighted by Gasteiger charge is -2.28. The Morgan fingerprint density at radius 2 is 1.93 bits per heavy atom. The zero-order valence-electron chi connectivity index (χ0n) is 18.8. The monoisotopic (exact) mass is 392 g/mol. The van der Waals surface area contributed by atoms with Gasteiger partial charge in [0.25, 0.3) is 0 Å². The van der Waals surface area contributed by atoms with Gasteiger partial charge < -0.3 is 9.47 Å². The van der Waals surface area contributed by atoms with E-state index in [0.717, 1.165) is 48.0 Å². The van der Waals surface area contributed by atoms with E-state index in [4.69, 9.17) is 9.47 Å². The van der Waals surface area contributed by atoms with Crippen molar-refractivity contribution in [3.63, 3.8) is 0 Å². The molecule has 0 aliphatic carbocycles. The molecule has 1 aliphatic heterocycles. The largest absolute Gasteiger partial charge is 0.493 e. The summed E-state index contributed by atoms with van der Waals surface area (Å²) in [7, 11) is 0.